The second-order valence-corrected chi connectivity index (χ2v) is 10.4. The number of carbonyl (C=O) groups excluding carboxylic acids is 1. The van der Waals surface area contributed by atoms with Gasteiger partial charge in [0.2, 0.25) is 0 Å². The van der Waals surface area contributed by atoms with Crippen LogP contribution < -0.4 is 4.74 Å². The van der Waals surface area contributed by atoms with Crippen LogP contribution >= 0.6 is 34.7 Å². The van der Waals surface area contributed by atoms with Gasteiger partial charge in [0.05, 0.1) is 21.9 Å². The molecule has 2 aromatic heterocycles. The van der Waals surface area contributed by atoms with Crippen molar-refractivity contribution in [2.45, 2.75) is 17.2 Å². The monoisotopic (exact) mass is 552 g/mol. The second-order valence-electron chi connectivity index (χ2n) is 7.71. The summed E-state index contributed by atoms with van der Waals surface area (Å²) in [6.45, 7) is 0. The number of halogens is 3. The number of aromatic nitrogens is 1. The van der Waals surface area contributed by atoms with Crippen molar-refractivity contribution in [3.63, 3.8) is 0 Å². The number of hydrogen-bond donors (Lipinski definition) is 0. The van der Waals surface area contributed by atoms with Crippen LogP contribution in [0.2, 0.25) is 4.34 Å². The third-order valence-electron chi connectivity index (χ3n) is 5.34. The van der Waals surface area contributed by atoms with Crippen molar-refractivity contribution in [3.8, 4) is 22.9 Å². The van der Waals surface area contributed by atoms with Gasteiger partial charge in [-0.15, -0.1) is 23.1 Å². The maximum absolute atomic E-state index is 13.7. The summed E-state index contributed by atoms with van der Waals surface area (Å²) >= 11 is 8.30. The minimum atomic E-state index is -2.78. The van der Waals surface area contributed by atoms with Crippen LogP contribution in [0.5, 0.6) is 5.75 Å². The first-order chi connectivity index (χ1) is 17.9. The molecule has 0 aliphatic carbocycles. The Kier molecular flexibility index (Phi) is 8.72. The Hall–Kier alpha value is -3.51. The Balaban J connectivity index is 1.63. The topological polar surface area (TPSA) is 63.0 Å². The number of nitriles is 1. The van der Waals surface area contributed by atoms with Gasteiger partial charge in [-0.25, -0.2) is 13.8 Å². The summed E-state index contributed by atoms with van der Waals surface area (Å²) in [4.78, 5) is 17.0. The zero-order chi connectivity index (χ0) is 26.4. The number of benzene rings is 2. The number of thioether (sulfide) groups is 1. The molecule has 0 aliphatic rings. The molecule has 4 nitrogen and oxygen atoms in total. The molecule has 2 aromatic carbocycles. The molecule has 0 spiro atoms. The van der Waals surface area contributed by atoms with E-state index in [1.807, 2.05) is 18.2 Å². The molecule has 0 atom stereocenters. The highest BCUT2D eigenvalue weighted by Crippen LogP contribution is 2.36. The number of allylic oxidation sites excluding steroid dienone is 1. The first kappa shape index (κ1) is 26.6. The Morgan fingerprint density at radius 3 is 2.62 bits per heavy atom. The Labute approximate surface area is 226 Å². The van der Waals surface area contributed by atoms with E-state index in [9.17, 15) is 18.8 Å². The van der Waals surface area contributed by atoms with Crippen LogP contribution in [0.1, 0.15) is 38.5 Å². The second kappa shape index (κ2) is 12.2. The van der Waals surface area contributed by atoms with Gasteiger partial charge in [0.25, 0.3) is 6.43 Å². The summed E-state index contributed by atoms with van der Waals surface area (Å²) in [5, 5.41) is 10.1. The Morgan fingerprint density at radius 1 is 1.19 bits per heavy atom. The predicted molar refractivity (Wildman–Crippen MR) is 145 cm³/mol. The molecule has 37 heavy (non-hydrogen) atoms. The normalized spacial score (nSPS) is 11.1. The quantitative estimate of drug-likeness (QED) is 0.118. The van der Waals surface area contributed by atoms with Crippen LogP contribution in [0.25, 0.3) is 17.2 Å². The molecule has 4 aromatic rings. The van der Waals surface area contributed by atoms with Crippen LogP contribution in [0.4, 0.5) is 8.78 Å². The van der Waals surface area contributed by atoms with E-state index in [4.69, 9.17) is 16.3 Å². The summed E-state index contributed by atoms with van der Waals surface area (Å²) in [6, 6.07) is 21.1. The lowest BCUT2D eigenvalue weighted by atomic mass is 10.0. The molecule has 0 saturated carbocycles. The first-order valence-electron chi connectivity index (χ1n) is 11.0. The molecule has 0 saturated heterocycles. The van der Waals surface area contributed by atoms with E-state index in [-0.39, 0.29) is 16.4 Å². The summed E-state index contributed by atoms with van der Waals surface area (Å²) in [7, 11) is 1.53. The van der Waals surface area contributed by atoms with E-state index in [2.05, 4.69) is 11.1 Å². The fourth-order valence-electron chi connectivity index (χ4n) is 3.57. The van der Waals surface area contributed by atoms with E-state index < -0.39 is 12.1 Å². The fourth-order valence-corrected chi connectivity index (χ4v) is 5.52. The highest BCUT2D eigenvalue weighted by Gasteiger charge is 2.19. The van der Waals surface area contributed by atoms with Crippen LogP contribution in [0, 0.1) is 11.3 Å². The molecule has 2 heterocycles. The molecule has 0 aliphatic heterocycles. The predicted octanol–water partition coefficient (Wildman–Crippen LogP) is 8.47. The number of carbonyl (C=O) groups is 1. The molecule has 0 radical (unpaired) electrons. The van der Waals surface area contributed by atoms with E-state index >= 15 is 0 Å². The average molecular weight is 553 g/mol. The van der Waals surface area contributed by atoms with Crippen molar-refractivity contribution in [3.05, 3.63) is 104 Å². The van der Waals surface area contributed by atoms with Crippen molar-refractivity contribution in [2.75, 3.05) is 7.11 Å². The lowest BCUT2D eigenvalue weighted by Crippen LogP contribution is -1.99. The van der Waals surface area contributed by atoms with Gasteiger partial charge in [0.1, 0.15) is 22.5 Å². The van der Waals surface area contributed by atoms with Gasteiger partial charge in [0.15, 0.2) is 5.78 Å². The summed E-state index contributed by atoms with van der Waals surface area (Å²) in [6.07, 6.45) is 0.371. The first-order valence-corrected chi connectivity index (χ1v) is 13.1. The molecular formula is C28H19ClF2N2O2S2. The maximum atomic E-state index is 13.7. The minimum absolute atomic E-state index is 0.163. The summed E-state index contributed by atoms with van der Waals surface area (Å²) in [5.74, 6) is 0.735. The van der Waals surface area contributed by atoms with Crippen LogP contribution in [0.3, 0.4) is 0 Å². The van der Waals surface area contributed by atoms with Crippen molar-refractivity contribution in [2.24, 2.45) is 0 Å². The van der Waals surface area contributed by atoms with Gasteiger partial charge in [-0.1, -0.05) is 54.1 Å². The zero-order valence-electron chi connectivity index (χ0n) is 19.5. The Morgan fingerprint density at radius 2 is 1.97 bits per heavy atom. The number of methoxy groups -OCH3 is 1. The number of thiophene rings is 1. The number of rotatable bonds is 9. The molecule has 9 heteroatoms. The Bertz CT molecular complexity index is 1500. The zero-order valence-corrected chi connectivity index (χ0v) is 21.8. The molecule has 0 fully saturated rings. The molecule has 0 N–H and O–H groups in total. The number of hydrogen-bond acceptors (Lipinski definition) is 6. The van der Waals surface area contributed by atoms with Crippen LogP contribution in [-0.4, -0.2) is 17.9 Å². The van der Waals surface area contributed by atoms with Gasteiger partial charge < -0.3 is 4.74 Å². The maximum Gasteiger partial charge on any atom is 0.280 e. The summed E-state index contributed by atoms with van der Waals surface area (Å²) < 4.78 is 33.4. The molecule has 0 amide bonds. The van der Waals surface area contributed by atoms with Crippen molar-refractivity contribution in [1.29, 1.82) is 5.26 Å². The SMILES string of the molecule is COc1ccc(/C=C/C(=O)c2ccc(Cl)s2)cc1CSc1nc(C(F)F)cc(-c2ccccc2)c1C#N. The van der Waals surface area contributed by atoms with E-state index in [1.54, 1.807) is 48.5 Å². The third-order valence-corrected chi connectivity index (χ3v) is 7.61. The van der Waals surface area contributed by atoms with Gasteiger partial charge in [-0.3, -0.25) is 4.79 Å². The van der Waals surface area contributed by atoms with Crippen LogP contribution in [-0.2, 0) is 5.75 Å². The van der Waals surface area contributed by atoms with E-state index in [1.165, 1.54) is 42.4 Å². The van der Waals surface area contributed by atoms with Crippen molar-refractivity contribution < 1.29 is 18.3 Å². The molecular weight excluding hydrogens is 534 g/mol. The summed E-state index contributed by atoms with van der Waals surface area (Å²) in [5.41, 5.74) is 2.42. The van der Waals surface area contributed by atoms with Crippen molar-refractivity contribution in [1.82, 2.24) is 4.98 Å². The van der Waals surface area contributed by atoms with E-state index in [0.717, 1.165) is 11.1 Å². The molecule has 186 valence electrons. The smallest absolute Gasteiger partial charge is 0.280 e. The highest BCUT2D eigenvalue weighted by atomic mass is 35.5. The average Bonchev–Trinajstić information content (AvgIpc) is 3.36. The number of alkyl halides is 2. The van der Waals surface area contributed by atoms with Gasteiger partial charge in [-0.05, 0) is 47.5 Å². The fraction of sp³-hybridized carbons (Fsp3) is 0.107. The number of ether oxygens (including phenoxy) is 1. The largest absolute Gasteiger partial charge is 0.496 e. The number of nitrogens with zero attached hydrogens (tertiary/aromatic N) is 2. The number of ketones is 1. The molecule has 0 unspecified atom stereocenters. The van der Waals surface area contributed by atoms with Crippen LogP contribution in [0.15, 0.2) is 77.8 Å². The van der Waals surface area contributed by atoms with E-state index in [0.29, 0.717) is 31.8 Å². The van der Waals surface area contributed by atoms with Crippen molar-refractivity contribution >= 4 is 46.6 Å². The lowest BCUT2D eigenvalue weighted by molar-refractivity contribution is 0.105. The number of pyridine rings is 1. The standard InChI is InChI=1S/C28H19ClF2N2O2S2/c1-35-24-10-8-17(7-9-23(34)25-11-12-26(29)37-25)13-19(24)16-36-28-21(15-32)20(14-22(33-28)27(30)31)18-5-3-2-4-6-18/h2-14,27H,16H2,1H3/b9-7+. The molecule has 4 rings (SSSR count). The third kappa shape index (κ3) is 6.44. The van der Waals surface area contributed by atoms with Gasteiger partial charge >= 0.3 is 0 Å². The van der Waals surface area contributed by atoms with Gasteiger partial charge in [0, 0.05) is 16.9 Å². The lowest BCUT2D eigenvalue weighted by Gasteiger charge is -2.13. The highest BCUT2D eigenvalue weighted by molar-refractivity contribution is 7.98. The molecule has 0 bridgehead atoms. The minimum Gasteiger partial charge on any atom is -0.496 e. The van der Waals surface area contributed by atoms with Gasteiger partial charge in [-0.2, -0.15) is 5.26 Å².